The molecule has 3 heterocycles. The number of nitrogens with one attached hydrogen (secondary N) is 2. The zero-order valence-corrected chi connectivity index (χ0v) is 26.4. The van der Waals surface area contributed by atoms with Gasteiger partial charge in [0.25, 0.3) is 5.91 Å². The van der Waals surface area contributed by atoms with Crippen LogP contribution in [0.2, 0.25) is 0 Å². The second kappa shape index (κ2) is 13.5. The summed E-state index contributed by atoms with van der Waals surface area (Å²) in [5, 5.41) is 8.15. The van der Waals surface area contributed by atoms with Gasteiger partial charge in [0.05, 0.1) is 18.8 Å². The number of carbonyl (C=O) groups excluding carboxylic acids is 2. The van der Waals surface area contributed by atoms with Gasteiger partial charge in [0.15, 0.2) is 17.3 Å². The summed E-state index contributed by atoms with van der Waals surface area (Å²) >= 11 is 0. The van der Waals surface area contributed by atoms with E-state index in [1.54, 1.807) is 6.08 Å². The lowest BCUT2D eigenvalue weighted by molar-refractivity contribution is -0.117. The summed E-state index contributed by atoms with van der Waals surface area (Å²) in [6, 6.07) is 13.2. The number of ketones is 1. The topological polar surface area (TPSA) is 86.4 Å². The Morgan fingerprint density at radius 3 is 2.48 bits per heavy atom. The third-order valence-electron chi connectivity index (χ3n) is 9.69. The molecular formula is C36H42FN5O4. The summed E-state index contributed by atoms with van der Waals surface area (Å²) in [5.74, 6) is -0.946. The lowest BCUT2D eigenvalue weighted by atomic mass is 9.76. The van der Waals surface area contributed by atoms with Gasteiger partial charge >= 0.3 is 0 Å². The smallest absolute Gasteiger partial charge is 0.254 e. The van der Waals surface area contributed by atoms with E-state index >= 15 is 4.39 Å². The minimum Gasteiger partial charge on any atom is -0.454 e. The van der Waals surface area contributed by atoms with Gasteiger partial charge < -0.3 is 29.9 Å². The fourth-order valence-corrected chi connectivity index (χ4v) is 7.04. The first-order chi connectivity index (χ1) is 22.5. The molecule has 3 aromatic rings. The largest absolute Gasteiger partial charge is 0.454 e. The summed E-state index contributed by atoms with van der Waals surface area (Å²) in [7, 11) is 2.13. The quantitative estimate of drug-likeness (QED) is 0.255. The molecule has 1 atom stereocenters. The highest BCUT2D eigenvalue weighted by molar-refractivity contribution is 6.27. The highest BCUT2D eigenvalue weighted by Gasteiger charge is 2.40. The van der Waals surface area contributed by atoms with E-state index in [2.05, 4.69) is 32.4 Å². The highest BCUT2D eigenvalue weighted by atomic mass is 19.1. The Morgan fingerprint density at radius 1 is 0.935 bits per heavy atom. The molecule has 0 saturated carbocycles. The monoisotopic (exact) mass is 627 g/mol. The summed E-state index contributed by atoms with van der Waals surface area (Å²) in [4.78, 5) is 34.4. The average Bonchev–Trinajstić information content (AvgIpc) is 3.08. The second-order valence-electron chi connectivity index (χ2n) is 12.7. The zero-order chi connectivity index (χ0) is 31.6. The van der Waals surface area contributed by atoms with Crippen molar-refractivity contribution < 1.29 is 23.5 Å². The molecule has 0 spiro atoms. The van der Waals surface area contributed by atoms with Crippen LogP contribution in [0.3, 0.4) is 0 Å². The Hall–Kier alpha value is -3.83. The van der Waals surface area contributed by atoms with Crippen molar-refractivity contribution in [3.63, 3.8) is 0 Å². The number of anilines is 1. The number of hydrogen-bond donors (Lipinski definition) is 2. The van der Waals surface area contributed by atoms with Gasteiger partial charge in [-0.2, -0.15) is 0 Å². The summed E-state index contributed by atoms with van der Waals surface area (Å²) in [5.41, 5.74) is 1.94. The van der Waals surface area contributed by atoms with E-state index in [-0.39, 0.29) is 16.8 Å². The second-order valence-corrected chi connectivity index (χ2v) is 12.7. The summed E-state index contributed by atoms with van der Waals surface area (Å²) in [6.07, 6.45) is 3.36. The van der Waals surface area contributed by atoms with Crippen molar-refractivity contribution >= 4 is 28.2 Å². The molecule has 2 fully saturated rings. The van der Waals surface area contributed by atoms with E-state index in [1.165, 1.54) is 6.07 Å². The van der Waals surface area contributed by atoms with Crippen LogP contribution in [0.25, 0.3) is 10.8 Å². The van der Waals surface area contributed by atoms with E-state index in [0.29, 0.717) is 30.2 Å². The van der Waals surface area contributed by atoms with E-state index in [1.807, 2.05) is 36.4 Å². The van der Waals surface area contributed by atoms with E-state index in [9.17, 15) is 9.59 Å². The molecule has 10 heteroatoms. The zero-order valence-electron chi connectivity index (χ0n) is 26.4. The fourth-order valence-electron chi connectivity index (χ4n) is 7.04. The van der Waals surface area contributed by atoms with Crippen LogP contribution in [0, 0.1) is 5.82 Å². The van der Waals surface area contributed by atoms with Gasteiger partial charge in [-0.25, -0.2) is 4.39 Å². The fraction of sp³-hybridized carbons (Fsp3) is 0.444. The summed E-state index contributed by atoms with van der Waals surface area (Å²) < 4.78 is 28.0. The molecule has 4 aliphatic rings. The molecule has 242 valence electrons. The van der Waals surface area contributed by atoms with Crippen molar-refractivity contribution in [1.29, 1.82) is 0 Å². The third-order valence-corrected chi connectivity index (χ3v) is 9.69. The predicted octanol–water partition coefficient (Wildman–Crippen LogP) is 4.23. The first-order valence-corrected chi connectivity index (χ1v) is 16.5. The van der Waals surface area contributed by atoms with Crippen molar-refractivity contribution in [2.45, 2.75) is 18.8 Å². The van der Waals surface area contributed by atoms with Crippen molar-refractivity contribution in [3.05, 3.63) is 76.6 Å². The molecule has 2 saturated heterocycles. The van der Waals surface area contributed by atoms with Gasteiger partial charge in [-0.1, -0.05) is 42.5 Å². The van der Waals surface area contributed by atoms with E-state index in [4.69, 9.17) is 9.47 Å². The van der Waals surface area contributed by atoms with Gasteiger partial charge in [-0.05, 0) is 44.4 Å². The van der Waals surface area contributed by atoms with E-state index < -0.39 is 23.4 Å². The lowest BCUT2D eigenvalue weighted by Crippen LogP contribution is -2.45. The molecule has 0 aromatic heterocycles. The Balaban J connectivity index is 1.15. The minimum absolute atomic E-state index is 0.0506. The number of fused-ring (bicyclic) bond motifs is 4. The average molecular weight is 628 g/mol. The molecule has 1 amide bonds. The van der Waals surface area contributed by atoms with Crippen LogP contribution < -0.4 is 15.4 Å². The summed E-state index contributed by atoms with van der Waals surface area (Å²) in [6.45, 7) is 10.1. The number of halogens is 1. The van der Waals surface area contributed by atoms with Gasteiger partial charge in [0.2, 0.25) is 0 Å². The van der Waals surface area contributed by atoms with Gasteiger partial charge in [-0.3, -0.25) is 14.5 Å². The molecule has 3 aliphatic heterocycles. The molecule has 3 aromatic carbocycles. The van der Waals surface area contributed by atoms with Crippen LogP contribution in [-0.4, -0.2) is 112 Å². The number of Topliss-reactive ketones (excluding diaryl/α,β-unsaturated/α-hetero) is 1. The number of carbonyl (C=O) groups is 2. The minimum atomic E-state index is -0.565. The van der Waals surface area contributed by atoms with Crippen LogP contribution in [0.4, 0.5) is 10.1 Å². The molecule has 9 nitrogen and oxygen atoms in total. The molecule has 46 heavy (non-hydrogen) atoms. The van der Waals surface area contributed by atoms with Gasteiger partial charge in [-0.15, -0.1) is 0 Å². The first-order valence-electron chi connectivity index (χ1n) is 16.5. The van der Waals surface area contributed by atoms with Crippen molar-refractivity contribution in [2.24, 2.45) is 0 Å². The number of rotatable bonds is 10. The normalized spacial score (nSPS) is 20.1. The standard InChI is InChI=1S/C36H42FN5O4/c1-40-14-16-41(17-15-40)12-5-11-39-36(44)29-22-27-26-9-8-24-6-2-3-7-25(24)34(26)46-35-31(27)28(33(29)43)23-30(37)32(35)38-10-4-13-42-18-20-45-21-19-42/h2-3,6-9,22-23,27,38H,4-5,10-21H2,1H3,(H,39,44). The third kappa shape index (κ3) is 6.14. The maximum Gasteiger partial charge on any atom is 0.254 e. The number of piperazine rings is 1. The van der Waals surface area contributed by atoms with Gasteiger partial charge in [0, 0.05) is 80.4 Å². The Kier molecular flexibility index (Phi) is 9.04. The predicted molar refractivity (Wildman–Crippen MR) is 177 cm³/mol. The number of morpholine rings is 1. The molecule has 1 aliphatic carbocycles. The highest BCUT2D eigenvalue weighted by Crippen LogP contribution is 2.54. The lowest BCUT2D eigenvalue weighted by Gasteiger charge is -2.34. The number of likely N-dealkylation sites (N-methyl/N-ethyl adjacent to an activating group) is 1. The molecule has 1 unspecified atom stereocenters. The van der Waals surface area contributed by atoms with Crippen LogP contribution in [0.1, 0.15) is 40.2 Å². The number of benzene rings is 3. The number of nitrogens with zero attached hydrogens (tertiary/aromatic N) is 3. The number of amides is 1. The van der Waals surface area contributed by atoms with Crippen LogP contribution in [-0.2, 0) is 9.53 Å². The maximum absolute atomic E-state index is 15.9. The molecule has 0 bridgehead atoms. The maximum atomic E-state index is 15.9. The SMILES string of the molecule is CN1CCN(CCCNC(=O)C2=CC3c4ccc5ccccc5c4Oc4c(NCCCN5CCOCC5)c(F)cc(c43)C2=O)CC1. The van der Waals surface area contributed by atoms with Crippen molar-refractivity contribution in [3.8, 4) is 11.5 Å². The molecular weight excluding hydrogens is 585 g/mol. The van der Waals surface area contributed by atoms with Crippen molar-refractivity contribution in [2.75, 3.05) is 91.0 Å². The Labute approximate surface area is 269 Å². The molecule has 2 N–H and O–H groups in total. The number of ether oxygens (including phenoxy) is 2. The van der Waals surface area contributed by atoms with Gasteiger partial charge in [0.1, 0.15) is 11.4 Å². The number of hydrogen-bond acceptors (Lipinski definition) is 8. The number of allylic oxidation sites excluding steroid dienone is 1. The molecule has 7 rings (SSSR count). The van der Waals surface area contributed by atoms with E-state index in [0.717, 1.165) is 94.7 Å². The Bertz CT molecular complexity index is 1660. The molecule has 0 radical (unpaired) electrons. The van der Waals surface area contributed by atoms with Crippen LogP contribution in [0.5, 0.6) is 11.5 Å². The first kappa shape index (κ1) is 30.8. The Morgan fingerprint density at radius 2 is 1.67 bits per heavy atom. The van der Waals surface area contributed by atoms with Crippen molar-refractivity contribution in [1.82, 2.24) is 20.0 Å². The van der Waals surface area contributed by atoms with Crippen LogP contribution in [0.15, 0.2) is 54.1 Å². The van der Waals surface area contributed by atoms with Crippen LogP contribution >= 0.6 is 0 Å².